The van der Waals surface area contributed by atoms with Gasteiger partial charge in [0.1, 0.15) is 5.76 Å². The Morgan fingerprint density at radius 2 is 2.10 bits per heavy atom. The fourth-order valence-corrected chi connectivity index (χ4v) is 0.529. The van der Waals surface area contributed by atoms with Gasteiger partial charge in [0.15, 0.2) is 0 Å². The topological polar surface area (TPSA) is 35.5 Å². The summed E-state index contributed by atoms with van der Waals surface area (Å²) in [6.45, 7) is 0. The van der Waals surface area contributed by atoms with E-state index in [1.165, 1.54) is 20.3 Å². The lowest BCUT2D eigenvalue weighted by atomic mass is 10.5. The fraction of sp³-hybridized carbons (Fsp3) is 0.500. The lowest BCUT2D eigenvalue weighted by Gasteiger charge is -1.98. The van der Waals surface area contributed by atoms with E-state index in [1.807, 2.05) is 0 Å². The Hall–Kier alpha value is -0.700. The number of carbonyl (C=O) groups excluding carboxylic acids is 1. The molecule has 0 fully saturated rings. The van der Waals surface area contributed by atoms with Crippen LogP contribution in [0.5, 0.6) is 0 Å². The highest BCUT2D eigenvalue weighted by Crippen LogP contribution is 1.97. The van der Waals surface area contributed by atoms with E-state index >= 15 is 0 Å². The summed E-state index contributed by atoms with van der Waals surface area (Å²) in [6.07, 6.45) is 1.20. The number of ether oxygens (including phenoxy) is 2. The Bertz CT molecular complexity index is 136. The standard InChI is InChI=1S/C6H9ClO3/c1-9-5(4-7)3-6(8)10-2/h3H,4H2,1-2H3/b5-3-. The number of alkyl halides is 1. The minimum Gasteiger partial charge on any atom is -0.500 e. The van der Waals surface area contributed by atoms with Crippen molar-refractivity contribution in [1.29, 1.82) is 0 Å². The maximum Gasteiger partial charge on any atom is 0.333 e. The zero-order valence-electron chi connectivity index (χ0n) is 5.89. The molecule has 0 bridgehead atoms. The zero-order valence-corrected chi connectivity index (χ0v) is 6.64. The van der Waals surface area contributed by atoms with Gasteiger partial charge in [-0.15, -0.1) is 11.6 Å². The Morgan fingerprint density at radius 3 is 2.40 bits per heavy atom. The molecule has 4 heteroatoms. The minimum absolute atomic E-state index is 0.172. The third-order valence-corrected chi connectivity index (χ3v) is 1.14. The molecule has 0 aliphatic heterocycles. The van der Waals surface area contributed by atoms with E-state index in [0.29, 0.717) is 5.76 Å². The van der Waals surface area contributed by atoms with Crippen molar-refractivity contribution in [3.63, 3.8) is 0 Å². The van der Waals surface area contributed by atoms with Crippen LogP contribution in [0.2, 0.25) is 0 Å². The number of methoxy groups -OCH3 is 2. The van der Waals surface area contributed by atoms with Crippen molar-refractivity contribution in [3.8, 4) is 0 Å². The molecule has 0 radical (unpaired) electrons. The highest BCUT2D eigenvalue weighted by atomic mass is 35.5. The van der Waals surface area contributed by atoms with E-state index in [2.05, 4.69) is 4.74 Å². The molecule has 0 spiro atoms. The number of hydrogen-bond donors (Lipinski definition) is 0. The van der Waals surface area contributed by atoms with Gasteiger partial charge in [0.05, 0.1) is 26.2 Å². The maximum absolute atomic E-state index is 10.5. The summed E-state index contributed by atoms with van der Waals surface area (Å²) >= 11 is 5.37. The Balaban J connectivity index is 3.96. The van der Waals surface area contributed by atoms with E-state index in [0.717, 1.165) is 0 Å². The van der Waals surface area contributed by atoms with Gasteiger partial charge in [0.2, 0.25) is 0 Å². The second kappa shape index (κ2) is 5.11. The molecule has 0 rings (SSSR count). The zero-order chi connectivity index (χ0) is 7.98. The molecule has 58 valence electrons. The summed E-state index contributed by atoms with van der Waals surface area (Å²) in [7, 11) is 2.73. The number of halogens is 1. The van der Waals surface area contributed by atoms with Crippen LogP contribution in [0.3, 0.4) is 0 Å². The molecule has 10 heavy (non-hydrogen) atoms. The molecule has 0 aromatic heterocycles. The number of carbonyl (C=O) groups is 1. The van der Waals surface area contributed by atoms with Crippen molar-refractivity contribution >= 4 is 17.6 Å². The van der Waals surface area contributed by atoms with Crippen molar-refractivity contribution in [3.05, 3.63) is 11.8 Å². The molecule has 0 saturated carbocycles. The van der Waals surface area contributed by atoms with E-state index in [4.69, 9.17) is 16.3 Å². The van der Waals surface area contributed by atoms with Crippen LogP contribution in [-0.4, -0.2) is 26.1 Å². The Kier molecular flexibility index (Phi) is 4.76. The van der Waals surface area contributed by atoms with Crippen LogP contribution in [0, 0.1) is 0 Å². The molecular weight excluding hydrogens is 156 g/mol. The van der Waals surface area contributed by atoms with E-state index < -0.39 is 5.97 Å². The molecule has 0 saturated heterocycles. The van der Waals surface area contributed by atoms with E-state index in [9.17, 15) is 4.79 Å². The first-order valence-electron chi connectivity index (χ1n) is 2.63. The molecule has 0 unspecified atom stereocenters. The van der Waals surface area contributed by atoms with Crippen LogP contribution < -0.4 is 0 Å². The van der Waals surface area contributed by atoms with Gasteiger partial charge in [-0.05, 0) is 0 Å². The first kappa shape index (κ1) is 9.30. The summed E-state index contributed by atoms with van der Waals surface area (Å²) in [5, 5.41) is 0. The molecule has 0 aromatic carbocycles. The second-order valence-electron chi connectivity index (χ2n) is 1.47. The first-order chi connectivity index (χ1) is 4.74. The average molecular weight is 165 g/mol. The maximum atomic E-state index is 10.5. The summed E-state index contributed by atoms with van der Waals surface area (Å²) in [5.41, 5.74) is 0. The molecule has 0 atom stereocenters. The fourth-order valence-electron chi connectivity index (χ4n) is 0.342. The van der Waals surface area contributed by atoms with E-state index in [-0.39, 0.29) is 5.88 Å². The van der Waals surface area contributed by atoms with Gasteiger partial charge < -0.3 is 9.47 Å². The second-order valence-corrected chi connectivity index (χ2v) is 1.74. The van der Waals surface area contributed by atoms with Crippen LogP contribution >= 0.6 is 11.6 Å². The predicted octanol–water partition coefficient (Wildman–Crippen LogP) is 0.928. The largest absolute Gasteiger partial charge is 0.500 e. The smallest absolute Gasteiger partial charge is 0.333 e. The highest BCUT2D eigenvalue weighted by molar-refractivity contribution is 6.19. The number of esters is 1. The van der Waals surface area contributed by atoms with Crippen LogP contribution in [0.4, 0.5) is 0 Å². The van der Waals surface area contributed by atoms with Crippen molar-refractivity contribution in [2.24, 2.45) is 0 Å². The molecule has 0 aromatic rings. The lowest BCUT2D eigenvalue weighted by molar-refractivity contribution is -0.135. The summed E-state index contributed by atoms with van der Waals surface area (Å²) in [4.78, 5) is 10.5. The molecule has 0 aliphatic carbocycles. The summed E-state index contributed by atoms with van der Waals surface area (Å²) in [6, 6.07) is 0. The van der Waals surface area contributed by atoms with Crippen molar-refractivity contribution in [2.45, 2.75) is 0 Å². The van der Waals surface area contributed by atoms with Crippen LogP contribution in [0.25, 0.3) is 0 Å². The predicted molar refractivity (Wildman–Crippen MR) is 37.8 cm³/mol. The van der Waals surface area contributed by atoms with Crippen molar-refractivity contribution < 1.29 is 14.3 Å². The van der Waals surface area contributed by atoms with Gasteiger partial charge in [0.25, 0.3) is 0 Å². The Labute approximate surface area is 64.6 Å². The number of rotatable bonds is 3. The molecule has 0 heterocycles. The van der Waals surface area contributed by atoms with Gasteiger partial charge >= 0.3 is 5.97 Å². The third-order valence-electron chi connectivity index (χ3n) is 0.874. The molecule has 3 nitrogen and oxygen atoms in total. The number of hydrogen-bond acceptors (Lipinski definition) is 3. The van der Waals surface area contributed by atoms with Gasteiger partial charge in [-0.3, -0.25) is 0 Å². The molecule has 0 aliphatic rings. The van der Waals surface area contributed by atoms with Gasteiger partial charge in [0, 0.05) is 0 Å². The van der Waals surface area contributed by atoms with Crippen LogP contribution in [-0.2, 0) is 14.3 Å². The SMILES string of the molecule is COC(=O)/C=C(/CCl)OC. The van der Waals surface area contributed by atoms with Crippen molar-refractivity contribution in [2.75, 3.05) is 20.1 Å². The average Bonchev–Trinajstić information content (AvgIpc) is 1.99. The van der Waals surface area contributed by atoms with Crippen molar-refractivity contribution in [1.82, 2.24) is 0 Å². The van der Waals surface area contributed by atoms with Gasteiger partial charge in [-0.2, -0.15) is 0 Å². The van der Waals surface area contributed by atoms with E-state index in [1.54, 1.807) is 0 Å². The molecular formula is C6H9ClO3. The monoisotopic (exact) mass is 164 g/mol. The molecule has 0 amide bonds. The lowest BCUT2D eigenvalue weighted by Crippen LogP contribution is -1.99. The van der Waals surface area contributed by atoms with Crippen LogP contribution in [0.15, 0.2) is 11.8 Å². The Morgan fingerprint density at radius 1 is 1.50 bits per heavy atom. The van der Waals surface area contributed by atoms with Gasteiger partial charge in [-0.1, -0.05) is 0 Å². The quantitative estimate of drug-likeness (QED) is 0.270. The normalized spacial score (nSPS) is 10.9. The van der Waals surface area contributed by atoms with Crippen LogP contribution in [0.1, 0.15) is 0 Å². The minimum atomic E-state index is -0.461. The first-order valence-corrected chi connectivity index (χ1v) is 3.16. The van der Waals surface area contributed by atoms with Gasteiger partial charge in [-0.25, -0.2) is 4.79 Å². The number of allylic oxidation sites excluding steroid dienone is 1. The highest BCUT2D eigenvalue weighted by Gasteiger charge is 1.98. The molecule has 0 N–H and O–H groups in total. The third kappa shape index (κ3) is 3.35. The summed E-state index contributed by atoms with van der Waals surface area (Å²) in [5.74, 6) is 0.108. The summed E-state index contributed by atoms with van der Waals surface area (Å²) < 4.78 is 9.03.